The van der Waals surface area contributed by atoms with Crippen molar-refractivity contribution in [1.29, 1.82) is 0 Å². The van der Waals surface area contributed by atoms with Crippen LogP contribution in [0.5, 0.6) is 0 Å². The molecule has 20 heavy (non-hydrogen) atoms. The Morgan fingerprint density at radius 1 is 1.05 bits per heavy atom. The minimum absolute atomic E-state index is 0.0311. The second-order valence-electron chi connectivity index (χ2n) is 5.54. The van der Waals surface area contributed by atoms with Crippen LogP contribution in [0.15, 0.2) is 5.11 Å². The molecule has 0 aromatic heterocycles. The lowest BCUT2D eigenvalue weighted by molar-refractivity contribution is -0.140. The Kier molecular flexibility index (Phi) is 4.84. The van der Waals surface area contributed by atoms with Crippen LogP contribution in [0.25, 0.3) is 10.4 Å². The van der Waals surface area contributed by atoms with Gasteiger partial charge >= 0.3 is 0 Å². The number of amides is 2. The third-order valence-corrected chi connectivity index (χ3v) is 4.28. The molecule has 2 heterocycles. The molecule has 0 N–H and O–H groups in total. The summed E-state index contributed by atoms with van der Waals surface area (Å²) in [7, 11) is 0. The standard InChI is InChI=1S/C13H21N5O2/c1-10(19)17-6-2-11(3-7-17)13(20)18-8-4-12(5-9-18)15-16-14/h11-12H,2-9H2,1H3. The average Bonchev–Trinajstić information content (AvgIpc) is 2.48. The van der Waals surface area contributed by atoms with Crippen LogP contribution >= 0.6 is 0 Å². The quantitative estimate of drug-likeness (QED) is 0.436. The highest BCUT2D eigenvalue weighted by Gasteiger charge is 2.31. The van der Waals surface area contributed by atoms with Gasteiger partial charge < -0.3 is 9.80 Å². The summed E-state index contributed by atoms with van der Waals surface area (Å²) in [5, 5.41) is 3.72. The molecule has 2 aliphatic heterocycles. The van der Waals surface area contributed by atoms with Crippen molar-refractivity contribution in [3.05, 3.63) is 10.4 Å². The van der Waals surface area contributed by atoms with Gasteiger partial charge in [-0.15, -0.1) is 0 Å². The van der Waals surface area contributed by atoms with Crippen molar-refractivity contribution in [2.75, 3.05) is 26.2 Å². The molecular weight excluding hydrogens is 258 g/mol. The SMILES string of the molecule is CC(=O)N1CCC(C(=O)N2CCC(N=[N+]=[N-])CC2)CC1. The topological polar surface area (TPSA) is 89.4 Å². The first-order valence-corrected chi connectivity index (χ1v) is 7.20. The predicted octanol–water partition coefficient (Wildman–Crippen LogP) is 1.55. The van der Waals surface area contributed by atoms with E-state index in [1.165, 1.54) is 0 Å². The van der Waals surface area contributed by atoms with Crippen molar-refractivity contribution >= 4 is 11.8 Å². The van der Waals surface area contributed by atoms with E-state index in [1.54, 1.807) is 11.8 Å². The van der Waals surface area contributed by atoms with Crippen molar-refractivity contribution in [3.63, 3.8) is 0 Å². The molecular formula is C13H21N5O2. The number of carbonyl (C=O) groups excluding carboxylic acids is 2. The zero-order valence-electron chi connectivity index (χ0n) is 11.9. The third kappa shape index (κ3) is 3.42. The van der Waals surface area contributed by atoms with Crippen molar-refractivity contribution in [3.8, 4) is 0 Å². The van der Waals surface area contributed by atoms with Crippen LogP contribution in [0.4, 0.5) is 0 Å². The van der Waals surface area contributed by atoms with E-state index in [1.807, 2.05) is 4.90 Å². The number of hydrogen-bond donors (Lipinski definition) is 0. The number of piperidine rings is 2. The molecule has 0 saturated carbocycles. The monoisotopic (exact) mass is 279 g/mol. The molecule has 7 heteroatoms. The largest absolute Gasteiger partial charge is 0.343 e. The zero-order valence-corrected chi connectivity index (χ0v) is 11.9. The van der Waals surface area contributed by atoms with Crippen LogP contribution in [-0.4, -0.2) is 53.8 Å². The van der Waals surface area contributed by atoms with Gasteiger partial charge in [0.05, 0.1) is 0 Å². The Morgan fingerprint density at radius 3 is 2.10 bits per heavy atom. The minimum atomic E-state index is 0.0311. The Hall–Kier alpha value is -1.75. The Bertz CT molecular complexity index is 392. The highest BCUT2D eigenvalue weighted by Crippen LogP contribution is 2.22. The van der Waals surface area contributed by atoms with Crippen LogP contribution in [0.3, 0.4) is 0 Å². The van der Waals surface area contributed by atoms with Crippen molar-refractivity contribution in [2.24, 2.45) is 11.0 Å². The molecule has 2 fully saturated rings. The highest BCUT2D eigenvalue weighted by molar-refractivity contribution is 5.79. The smallest absolute Gasteiger partial charge is 0.225 e. The zero-order chi connectivity index (χ0) is 14.5. The average molecular weight is 279 g/mol. The number of rotatable bonds is 2. The van der Waals surface area contributed by atoms with Gasteiger partial charge in [-0.25, -0.2) is 0 Å². The van der Waals surface area contributed by atoms with Crippen LogP contribution in [0, 0.1) is 5.92 Å². The molecule has 2 saturated heterocycles. The van der Waals surface area contributed by atoms with E-state index in [2.05, 4.69) is 10.0 Å². The van der Waals surface area contributed by atoms with E-state index in [0.29, 0.717) is 26.2 Å². The number of nitrogens with zero attached hydrogens (tertiary/aromatic N) is 5. The molecule has 0 aliphatic carbocycles. The van der Waals surface area contributed by atoms with Gasteiger partial charge in [0.25, 0.3) is 0 Å². The summed E-state index contributed by atoms with van der Waals surface area (Å²) < 4.78 is 0. The molecule has 2 rings (SSSR count). The molecule has 2 amide bonds. The molecule has 0 atom stereocenters. The van der Waals surface area contributed by atoms with Gasteiger partial charge in [-0.05, 0) is 31.2 Å². The number of azide groups is 1. The molecule has 0 bridgehead atoms. The van der Waals surface area contributed by atoms with Crippen molar-refractivity contribution < 1.29 is 9.59 Å². The summed E-state index contributed by atoms with van der Waals surface area (Å²) in [6.45, 7) is 4.29. The Morgan fingerprint density at radius 2 is 1.60 bits per heavy atom. The van der Waals surface area contributed by atoms with E-state index in [0.717, 1.165) is 25.7 Å². The minimum Gasteiger partial charge on any atom is -0.343 e. The van der Waals surface area contributed by atoms with Gasteiger partial charge in [-0.3, -0.25) is 9.59 Å². The summed E-state index contributed by atoms with van der Waals surface area (Å²) in [6, 6.07) is 0.0311. The van der Waals surface area contributed by atoms with E-state index < -0.39 is 0 Å². The van der Waals surface area contributed by atoms with Gasteiger partial charge in [0, 0.05) is 50.0 Å². The summed E-state index contributed by atoms with van der Waals surface area (Å²) in [5.74, 6) is 0.334. The maximum Gasteiger partial charge on any atom is 0.225 e. The Balaban J connectivity index is 1.81. The van der Waals surface area contributed by atoms with Crippen LogP contribution < -0.4 is 0 Å². The summed E-state index contributed by atoms with van der Waals surface area (Å²) in [6.07, 6.45) is 3.02. The van der Waals surface area contributed by atoms with Crippen molar-refractivity contribution in [1.82, 2.24) is 9.80 Å². The van der Waals surface area contributed by atoms with Gasteiger partial charge in [0.1, 0.15) is 0 Å². The third-order valence-electron chi connectivity index (χ3n) is 4.28. The normalized spacial score (nSPS) is 21.4. The van der Waals surface area contributed by atoms with Gasteiger partial charge in [-0.1, -0.05) is 5.11 Å². The molecule has 0 spiro atoms. The predicted molar refractivity (Wildman–Crippen MR) is 73.7 cm³/mol. The van der Waals surface area contributed by atoms with Gasteiger partial charge in [0.2, 0.25) is 11.8 Å². The fourth-order valence-corrected chi connectivity index (χ4v) is 2.97. The van der Waals surface area contributed by atoms with E-state index in [4.69, 9.17) is 5.53 Å². The number of carbonyl (C=O) groups is 2. The lowest BCUT2D eigenvalue weighted by Crippen LogP contribution is -2.46. The first-order chi connectivity index (χ1) is 9.61. The summed E-state index contributed by atoms with van der Waals surface area (Å²) in [5.41, 5.74) is 8.41. The fraction of sp³-hybridized carbons (Fsp3) is 0.846. The molecule has 0 unspecified atom stereocenters. The van der Waals surface area contributed by atoms with E-state index in [9.17, 15) is 9.59 Å². The fourth-order valence-electron chi connectivity index (χ4n) is 2.97. The van der Waals surface area contributed by atoms with Crippen molar-refractivity contribution in [2.45, 2.75) is 38.6 Å². The number of likely N-dealkylation sites (tertiary alicyclic amines) is 2. The Labute approximate surface area is 118 Å². The molecule has 7 nitrogen and oxygen atoms in total. The van der Waals surface area contributed by atoms with Gasteiger partial charge in [-0.2, -0.15) is 0 Å². The van der Waals surface area contributed by atoms with Crippen LogP contribution in [0.2, 0.25) is 0 Å². The molecule has 0 aromatic rings. The van der Waals surface area contributed by atoms with Gasteiger partial charge in [0.15, 0.2) is 0 Å². The van der Waals surface area contributed by atoms with E-state index >= 15 is 0 Å². The second kappa shape index (κ2) is 6.61. The first-order valence-electron chi connectivity index (χ1n) is 7.20. The first kappa shape index (κ1) is 14.7. The molecule has 2 aliphatic rings. The molecule has 0 radical (unpaired) electrons. The molecule has 110 valence electrons. The highest BCUT2D eigenvalue weighted by atomic mass is 16.2. The summed E-state index contributed by atoms with van der Waals surface area (Å²) in [4.78, 5) is 30.2. The maximum absolute atomic E-state index is 12.4. The van der Waals surface area contributed by atoms with Crippen LogP contribution in [-0.2, 0) is 9.59 Å². The lowest BCUT2D eigenvalue weighted by atomic mass is 9.94. The van der Waals surface area contributed by atoms with E-state index in [-0.39, 0.29) is 23.8 Å². The maximum atomic E-state index is 12.4. The summed E-state index contributed by atoms with van der Waals surface area (Å²) >= 11 is 0. The number of hydrogen-bond acceptors (Lipinski definition) is 3. The van der Waals surface area contributed by atoms with Crippen LogP contribution in [0.1, 0.15) is 32.6 Å². The molecule has 0 aromatic carbocycles. The second-order valence-corrected chi connectivity index (χ2v) is 5.54. The lowest BCUT2D eigenvalue weighted by Gasteiger charge is -2.36.